The Hall–Kier alpha value is -3.02. The zero-order valence-electron chi connectivity index (χ0n) is 16.4. The predicted octanol–water partition coefficient (Wildman–Crippen LogP) is 1.49. The molecule has 1 N–H and O–H groups in total. The van der Waals surface area contributed by atoms with Gasteiger partial charge in [0.2, 0.25) is 10.0 Å². The van der Waals surface area contributed by atoms with Crippen LogP contribution < -0.4 is 14.5 Å². The van der Waals surface area contributed by atoms with E-state index >= 15 is 0 Å². The van der Waals surface area contributed by atoms with E-state index in [1.54, 1.807) is 29.2 Å². The Morgan fingerprint density at radius 3 is 2.45 bits per heavy atom. The Labute approximate surface area is 178 Å². The second-order valence-electron chi connectivity index (χ2n) is 7.04. The summed E-state index contributed by atoms with van der Waals surface area (Å²) in [6, 6.07) is 11.5. The Kier molecular flexibility index (Phi) is 5.90. The van der Waals surface area contributed by atoms with Gasteiger partial charge < -0.3 is 14.4 Å². The lowest BCUT2D eigenvalue weighted by Gasteiger charge is -2.27. The molecule has 2 saturated heterocycles. The second-order valence-corrected chi connectivity index (χ2v) is 8.81. The Balaban J connectivity index is 1.38. The Morgan fingerprint density at radius 1 is 1.06 bits per heavy atom. The molecular formula is C20H20FN3O6S. The van der Waals surface area contributed by atoms with Gasteiger partial charge in [-0.2, -0.15) is 0 Å². The molecule has 4 rings (SSSR count). The number of benzene rings is 2. The van der Waals surface area contributed by atoms with Crippen molar-refractivity contribution in [3.63, 3.8) is 0 Å². The summed E-state index contributed by atoms with van der Waals surface area (Å²) in [7, 11) is -3.94. The number of rotatable bonds is 6. The number of halogens is 1. The molecule has 2 amide bonds. The highest BCUT2D eigenvalue weighted by Crippen LogP contribution is 2.25. The first-order valence-corrected chi connectivity index (χ1v) is 11.0. The molecule has 0 bridgehead atoms. The molecule has 9 nitrogen and oxygen atoms in total. The highest BCUT2D eigenvalue weighted by Gasteiger charge is 2.33. The molecule has 0 unspecified atom stereocenters. The molecular weight excluding hydrogens is 429 g/mol. The van der Waals surface area contributed by atoms with Gasteiger partial charge >= 0.3 is 6.09 Å². The van der Waals surface area contributed by atoms with Crippen LogP contribution in [0.5, 0.6) is 0 Å². The van der Waals surface area contributed by atoms with Gasteiger partial charge in [0.1, 0.15) is 18.5 Å². The van der Waals surface area contributed by atoms with Gasteiger partial charge in [0.25, 0.3) is 5.91 Å². The number of nitrogens with zero attached hydrogens (tertiary/aromatic N) is 2. The number of anilines is 2. The number of hydrogen-bond acceptors (Lipinski definition) is 6. The number of carbonyl (C=O) groups excluding carboxylic acids is 2. The number of cyclic esters (lactones) is 1. The fourth-order valence-corrected chi connectivity index (χ4v) is 4.46. The minimum Gasteiger partial charge on any atom is -0.443 e. The van der Waals surface area contributed by atoms with E-state index in [9.17, 15) is 22.4 Å². The van der Waals surface area contributed by atoms with Crippen molar-refractivity contribution in [2.45, 2.75) is 11.0 Å². The molecule has 0 aliphatic carbocycles. The van der Waals surface area contributed by atoms with Gasteiger partial charge in [0.15, 0.2) is 0 Å². The van der Waals surface area contributed by atoms with Crippen LogP contribution in [-0.2, 0) is 24.3 Å². The van der Waals surface area contributed by atoms with Crippen LogP contribution in [0.4, 0.5) is 20.6 Å². The quantitative estimate of drug-likeness (QED) is 0.717. The number of hydrogen-bond donors (Lipinski definition) is 1. The molecule has 11 heteroatoms. The summed E-state index contributed by atoms with van der Waals surface area (Å²) < 4.78 is 50.6. The predicted molar refractivity (Wildman–Crippen MR) is 109 cm³/mol. The third-order valence-corrected chi connectivity index (χ3v) is 6.36. The van der Waals surface area contributed by atoms with Crippen molar-refractivity contribution in [1.29, 1.82) is 0 Å². The molecule has 2 aliphatic rings. The minimum absolute atomic E-state index is 0.0351. The Bertz CT molecular complexity index is 1090. The maximum absolute atomic E-state index is 13.3. The van der Waals surface area contributed by atoms with E-state index in [1.165, 1.54) is 17.0 Å². The van der Waals surface area contributed by atoms with E-state index in [-0.39, 0.29) is 30.5 Å². The molecule has 1 atom stereocenters. The number of ether oxygens (including phenoxy) is 2. The summed E-state index contributed by atoms with van der Waals surface area (Å²) in [5.41, 5.74) is 1.26. The van der Waals surface area contributed by atoms with Crippen molar-refractivity contribution in [1.82, 2.24) is 4.72 Å². The maximum atomic E-state index is 13.3. The molecule has 0 saturated carbocycles. The van der Waals surface area contributed by atoms with Crippen molar-refractivity contribution < 1.29 is 31.9 Å². The van der Waals surface area contributed by atoms with Gasteiger partial charge in [-0.05, 0) is 42.5 Å². The molecule has 2 heterocycles. The van der Waals surface area contributed by atoms with E-state index in [0.29, 0.717) is 24.5 Å². The monoisotopic (exact) mass is 449 g/mol. The van der Waals surface area contributed by atoms with Gasteiger partial charge in [-0.3, -0.25) is 9.69 Å². The number of carbonyl (C=O) groups is 2. The first kappa shape index (κ1) is 21.2. The molecule has 0 spiro atoms. The van der Waals surface area contributed by atoms with E-state index < -0.39 is 28.0 Å². The summed E-state index contributed by atoms with van der Waals surface area (Å²) in [4.78, 5) is 27.0. The molecule has 2 aliphatic heterocycles. The average Bonchev–Trinajstić information content (AvgIpc) is 3.13. The summed E-state index contributed by atoms with van der Waals surface area (Å²) in [5, 5.41) is 0. The largest absolute Gasteiger partial charge is 0.443 e. The van der Waals surface area contributed by atoms with E-state index in [2.05, 4.69) is 4.72 Å². The lowest BCUT2D eigenvalue weighted by Crippen LogP contribution is -2.41. The summed E-state index contributed by atoms with van der Waals surface area (Å²) in [5.74, 6) is -0.797. The smallest absolute Gasteiger partial charge is 0.414 e. The van der Waals surface area contributed by atoms with Gasteiger partial charge in [0, 0.05) is 24.5 Å². The number of amides is 2. The van der Waals surface area contributed by atoms with Gasteiger partial charge in [-0.1, -0.05) is 6.07 Å². The first-order chi connectivity index (χ1) is 14.8. The van der Waals surface area contributed by atoms with Crippen LogP contribution in [-0.4, -0.2) is 59.4 Å². The standard InChI is InChI=1S/C20H20FN3O6S/c21-14-2-1-3-18(10-14)31(27,28)22-11-17-12-24(20(26)30-17)16-6-4-15(5-7-16)23-8-9-29-13-19(23)25/h1-7,10,17,22H,8-9,11-13H2/t17-/m0/s1. The molecule has 2 aromatic carbocycles. The molecule has 31 heavy (non-hydrogen) atoms. The van der Waals surface area contributed by atoms with Gasteiger partial charge in [-0.25, -0.2) is 22.3 Å². The zero-order chi connectivity index (χ0) is 22.0. The van der Waals surface area contributed by atoms with Crippen molar-refractivity contribution in [2.24, 2.45) is 0 Å². The molecule has 2 fully saturated rings. The molecule has 164 valence electrons. The molecule has 0 radical (unpaired) electrons. The second kappa shape index (κ2) is 8.61. The SMILES string of the molecule is O=C1COCCN1c1ccc(N2C[C@H](CNS(=O)(=O)c3cccc(F)c3)OC2=O)cc1. The first-order valence-electron chi connectivity index (χ1n) is 9.55. The third-order valence-electron chi connectivity index (χ3n) is 4.94. The number of sulfonamides is 1. The maximum Gasteiger partial charge on any atom is 0.414 e. The van der Waals surface area contributed by atoms with Crippen LogP contribution in [0.25, 0.3) is 0 Å². The third kappa shape index (κ3) is 4.68. The van der Waals surface area contributed by atoms with Crippen LogP contribution in [0, 0.1) is 5.82 Å². The lowest BCUT2D eigenvalue weighted by molar-refractivity contribution is -0.125. The van der Waals surface area contributed by atoms with Crippen molar-refractivity contribution >= 4 is 33.4 Å². The summed E-state index contributed by atoms with van der Waals surface area (Å²) in [6.45, 7) is 0.936. The van der Waals surface area contributed by atoms with E-state index in [4.69, 9.17) is 9.47 Å². The van der Waals surface area contributed by atoms with Crippen molar-refractivity contribution in [3.05, 3.63) is 54.3 Å². The van der Waals surface area contributed by atoms with Gasteiger partial charge in [0.05, 0.1) is 18.0 Å². The number of morpholine rings is 1. The van der Waals surface area contributed by atoms with Crippen LogP contribution >= 0.6 is 0 Å². The fraction of sp³-hybridized carbons (Fsp3) is 0.300. The highest BCUT2D eigenvalue weighted by molar-refractivity contribution is 7.89. The van der Waals surface area contributed by atoms with Crippen molar-refractivity contribution in [2.75, 3.05) is 42.6 Å². The fourth-order valence-electron chi connectivity index (χ4n) is 3.36. The van der Waals surface area contributed by atoms with E-state index in [1.807, 2.05) is 0 Å². The lowest BCUT2D eigenvalue weighted by atomic mass is 10.2. The number of nitrogens with one attached hydrogen (secondary N) is 1. The van der Waals surface area contributed by atoms with Crippen molar-refractivity contribution in [3.8, 4) is 0 Å². The van der Waals surface area contributed by atoms with E-state index in [0.717, 1.165) is 12.1 Å². The zero-order valence-corrected chi connectivity index (χ0v) is 17.2. The molecule has 0 aromatic heterocycles. The Morgan fingerprint density at radius 2 is 1.77 bits per heavy atom. The normalized spacial score (nSPS) is 19.6. The van der Waals surface area contributed by atoms with Crippen LogP contribution in [0.15, 0.2) is 53.4 Å². The van der Waals surface area contributed by atoms with Crippen LogP contribution in [0.3, 0.4) is 0 Å². The minimum atomic E-state index is -3.94. The van der Waals surface area contributed by atoms with Crippen LogP contribution in [0.1, 0.15) is 0 Å². The summed E-state index contributed by atoms with van der Waals surface area (Å²) >= 11 is 0. The topological polar surface area (TPSA) is 105 Å². The van der Waals surface area contributed by atoms with Crippen LogP contribution in [0.2, 0.25) is 0 Å². The van der Waals surface area contributed by atoms with Gasteiger partial charge in [-0.15, -0.1) is 0 Å². The average molecular weight is 449 g/mol. The molecule has 2 aromatic rings. The summed E-state index contributed by atoms with van der Waals surface area (Å²) in [6.07, 6.45) is -1.32. The highest BCUT2D eigenvalue weighted by atomic mass is 32.2.